The summed E-state index contributed by atoms with van der Waals surface area (Å²) in [5.74, 6) is 0. The molecule has 0 radical (unpaired) electrons. The maximum Gasteiger partial charge on any atom is 0.242 e. The van der Waals surface area contributed by atoms with E-state index in [-0.39, 0.29) is 4.90 Å². The van der Waals surface area contributed by atoms with Crippen LogP contribution in [0.25, 0.3) is 0 Å². The van der Waals surface area contributed by atoms with Gasteiger partial charge < -0.3 is 5.11 Å². The van der Waals surface area contributed by atoms with Gasteiger partial charge in [-0.15, -0.1) is 0 Å². The van der Waals surface area contributed by atoms with Gasteiger partial charge in [0.15, 0.2) is 0 Å². The van der Waals surface area contributed by atoms with E-state index in [4.69, 9.17) is 5.26 Å². The summed E-state index contributed by atoms with van der Waals surface area (Å²) in [7, 11) is -0.543. The number of nitriles is 1. The second-order valence-corrected chi connectivity index (χ2v) is 7.14. The van der Waals surface area contributed by atoms with Crippen LogP contribution in [0.2, 0.25) is 0 Å². The molecule has 0 heterocycles. The first kappa shape index (κ1) is 16.2. The van der Waals surface area contributed by atoms with Crippen LogP contribution in [0.5, 0.6) is 0 Å². The van der Waals surface area contributed by atoms with Gasteiger partial charge >= 0.3 is 0 Å². The van der Waals surface area contributed by atoms with Crippen LogP contribution in [0.1, 0.15) is 22.8 Å². The summed E-state index contributed by atoms with van der Waals surface area (Å²) in [5.41, 5.74) is 1.74. The van der Waals surface area contributed by atoms with Gasteiger partial charge in [-0.2, -0.15) is 5.26 Å². The van der Waals surface area contributed by atoms with E-state index in [0.29, 0.717) is 16.7 Å². The van der Waals surface area contributed by atoms with Crippen LogP contribution < -0.4 is 0 Å². The zero-order valence-corrected chi connectivity index (χ0v) is 13.1. The molecule has 0 saturated carbocycles. The van der Waals surface area contributed by atoms with Gasteiger partial charge in [0.25, 0.3) is 0 Å². The van der Waals surface area contributed by atoms with Gasteiger partial charge in [-0.1, -0.05) is 24.3 Å². The molecule has 0 spiro atoms. The first-order valence-electron chi connectivity index (χ1n) is 6.57. The fraction of sp³-hybridized carbons (Fsp3) is 0.188. The minimum Gasteiger partial charge on any atom is -0.384 e. The lowest BCUT2D eigenvalue weighted by Crippen LogP contribution is -2.22. The average Bonchev–Trinajstić information content (AvgIpc) is 2.54. The molecule has 0 bridgehead atoms. The lowest BCUT2D eigenvalue weighted by atomic mass is 10.0. The zero-order chi connectivity index (χ0) is 16.3. The molecule has 0 amide bonds. The topological polar surface area (TPSA) is 81.4 Å². The highest BCUT2D eigenvalue weighted by molar-refractivity contribution is 7.89. The summed E-state index contributed by atoms with van der Waals surface area (Å²) < 4.78 is 25.1. The smallest absolute Gasteiger partial charge is 0.242 e. The molecule has 2 aromatic carbocycles. The molecule has 2 aromatic rings. The van der Waals surface area contributed by atoms with Crippen LogP contribution in [-0.4, -0.2) is 31.9 Å². The standard InChI is InChI=1S/C16H16N2O3S/c1-18(2)22(20,21)15-9-7-14(8-10-15)16(19)13-5-3-12(11-17)4-6-13/h3-10,16,19H,1-2H3. The van der Waals surface area contributed by atoms with E-state index < -0.39 is 16.1 Å². The number of rotatable bonds is 4. The normalized spacial score (nSPS) is 12.9. The van der Waals surface area contributed by atoms with E-state index in [0.717, 1.165) is 4.31 Å². The second kappa shape index (κ2) is 6.28. The van der Waals surface area contributed by atoms with Crippen molar-refractivity contribution in [2.24, 2.45) is 0 Å². The van der Waals surface area contributed by atoms with E-state index in [1.54, 1.807) is 36.4 Å². The lowest BCUT2D eigenvalue weighted by molar-refractivity contribution is 0.220. The number of sulfonamides is 1. The van der Waals surface area contributed by atoms with Gasteiger partial charge in [-0.25, -0.2) is 12.7 Å². The fourth-order valence-corrected chi connectivity index (χ4v) is 2.87. The quantitative estimate of drug-likeness (QED) is 0.934. The monoisotopic (exact) mass is 316 g/mol. The summed E-state index contributed by atoms with van der Waals surface area (Å²) in [4.78, 5) is 0.174. The number of aliphatic hydroxyl groups excluding tert-OH is 1. The van der Waals surface area contributed by atoms with E-state index in [1.165, 1.54) is 26.2 Å². The first-order chi connectivity index (χ1) is 10.4. The summed E-state index contributed by atoms with van der Waals surface area (Å²) in [6.45, 7) is 0. The highest BCUT2D eigenvalue weighted by Crippen LogP contribution is 2.24. The van der Waals surface area contributed by atoms with E-state index >= 15 is 0 Å². The lowest BCUT2D eigenvalue weighted by Gasteiger charge is -2.14. The zero-order valence-electron chi connectivity index (χ0n) is 12.3. The van der Waals surface area contributed by atoms with Crippen LogP contribution in [-0.2, 0) is 10.0 Å². The van der Waals surface area contributed by atoms with Gasteiger partial charge in [0, 0.05) is 14.1 Å². The molecule has 2 rings (SSSR count). The Morgan fingerprint density at radius 1 is 1.00 bits per heavy atom. The van der Waals surface area contributed by atoms with Crippen LogP contribution in [0, 0.1) is 11.3 Å². The predicted octanol–water partition coefficient (Wildman–Crippen LogP) is 1.89. The maximum atomic E-state index is 12.0. The van der Waals surface area contributed by atoms with Crippen LogP contribution in [0.3, 0.4) is 0 Å². The molecule has 0 aliphatic carbocycles. The molecule has 0 aliphatic heterocycles. The first-order valence-corrected chi connectivity index (χ1v) is 8.01. The minimum atomic E-state index is -3.48. The molecule has 0 aliphatic rings. The number of nitrogens with zero attached hydrogens (tertiary/aromatic N) is 2. The number of aliphatic hydroxyl groups is 1. The Hall–Kier alpha value is -2.20. The van der Waals surface area contributed by atoms with Crippen molar-refractivity contribution in [3.05, 3.63) is 65.2 Å². The highest BCUT2D eigenvalue weighted by Gasteiger charge is 2.18. The molecule has 0 saturated heterocycles. The Kier molecular flexibility index (Phi) is 4.62. The third-order valence-corrected chi connectivity index (χ3v) is 5.16. The van der Waals surface area contributed by atoms with Crippen LogP contribution in [0.15, 0.2) is 53.4 Å². The molecule has 114 valence electrons. The third-order valence-electron chi connectivity index (χ3n) is 3.33. The Balaban J connectivity index is 2.28. The molecule has 1 N–H and O–H groups in total. The third kappa shape index (κ3) is 3.17. The van der Waals surface area contributed by atoms with Gasteiger partial charge in [0.1, 0.15) is 6.10 Å². The molecule has 22 heavy (non-hydrogen) atoms. The number of hydrogen-bond acceptors (Lipinski definition) is 4. The molecule has 1 atom stereocenters. The van der Waals surface area contributed by atoms with Crippen molar-refractivity contribution in [2.45, 2.75) is 11.0 Å². The molecule has 0 fully saturated rings. The highest BCUT2D eigenvalue weighted by atomic mass is 32.2. The van der Waals surface area contributed by atoms with Crippen molar-refractivity contribution in [1.29, 1.82) is 5.26 Å². The van der Waals surface area contributed by atoms with Crippen LogP contribution in [0.4, 0.5) is 0 Å². The van der Waals surface area contributed by atoms with Crippen molar-refractivity contribution in [1.82, 2.24) is 4.31 Å². The Bertz CT molecular complexity index is 789. The Labute approximate surface area is 130 Å². The van der Waals surface area contributed by atoms with Gasteiger partial charge in [0.2, 0.25) is 10.0 Å². The molecule has 1 unspecified atom stereocenters. The number of hydrogen-bond donors (Lipinski definition) is 1. The largest absolute Gasteiger partial charge is 0.384 e. The number of benzene rings is 2. The summed E-state index contributed by atoms with van der Waals surface area (Å²) in [6.07, 6.45) is -0.871. The maximum absolute atomic E-state index is 12.0. The van der Waals surface area contributed by atoms with Gasteiger partial charge in [-0.3, -0.25) is 0 Å². The van der Waals surface area contributed by atoms with Crippen molar-refractivity contribution >= 4 is 10.0 Å². The summed E-state index contributed by atoms with van der Waals surface area (Å²) >= 11 is 0. The molecular weight excluding hydrogens is 300 g/mol. The minimum absolute atomic E-state index is 0.174. The second-order valence-electron chi connectivity index (χ2n) is 4.99. The summed E-state index contributed by atoms with van der Waals surface area (Å²) in [6, 6.07) is 14.7. The predicted molar refractivity (Wildman–Crippen MR) is 82.5 cm³/mol. The SMILES string of the molecule is CN(C)S(=O)(=O)c1ccc(C(O)c2ccc(C#N)cc2)cc1. The Morgan fingerprint density at radius 3 is 1.86 bits per heavy atom. The van der Waals surface area contributed by atoms with Crippen molar-refractivity contribution in [3.63, 3.8) is 0 Å². The van der Waals surface area contributed by atoms with Crippen molar-refractivity contribution in [2.75, 3.05) is 14.1 Å². The van der Waals surface area contributed by atoms with Crippen molar-refractivity contribution in [3.8, 4) is 6.07 Å². The van der Waals surface area contributed by atoms with E-state index in [1.807, 2.05) is 6.07 Å². The molecule has 6 heteroatoms. The van der Waals surface area contributed by atoms with Crippen molar-refractivity contribution < 1.29 is 13.5 Å². The van der Waals surface area contributed by atoms with Crippen LogP contribution >= 0.6 is 0 Å². The average molecular weight is 316 g/mol. The molecular formula is C16H16N2O3S. The molecule has 5 nitrogen and oxygen atoms in total. The fourth-order valence-electron chi connectivity index (χ4n) is 1.97. The van der Waals surface area contributed by atoms with Gasteiger partial charge in [-0.05, 0) is 35.4 Å². The van der Waals surface area contributed by atoms with E-state index in [9.17, 15) is 13.5 Å². The molecule has 0 aromatic heterocycles. The Morgan fingerprint density at radius 2 is 1.45 bits per heavy atom. The van der Waals surface area contributed by atoms with E-state index in [2.05, 4.69) is 0 Å². The van der Waals surface area contributed by atoms with Gasteiger partial charge in [0.05, 0.1) is 16.5 Å². The summed E-state index contributed by atoms with van der Waals surface area (Å²) in [5, 5.41) is 19.1.